The van der Waals surface area contributed by atoms with E-state index in [4.69, 9.17) is 0 Å². The van der Waals surface area contributed by atoms with E-state index in [1.165, 1.54) is 0 Å². The lowest BCUT2D eigenvalue weighted by Crippen LogP contribution is -2.21. The van der Waals surface area contributed by atoms with Crippen molar-refractivity contribution in [3.8, 4) is 0 Å². The average Bonchev–Trinajstić information content (AvgIpc) is 1.99. The summed E-state index contributed by atoms with van der Waals surface area (Å²) in [5.41, 5.74) is 0.614. The minimum absolute atomic E-state index is 0.185. The topological polar surface area (TPSA) is 34.1 Å². The Kier molecular flexibility index (Phi) is 3.24. The predicted molar refractivity (Wildman–Crippen MR) is 62.7 cm³/mol. The molecule has 0 amide bonds. The molecule has 0 heterocycles. The molecule has 0 saturated carbocycles. The van der Waals surface area contributed by atoms with Crippen LogP contribution in [0.4, 0.5) is 0 Å². The molecular formula is C12H18O2S. The molecule has 0 aliphatic rings. The Morgan fingerprint density at radius 2 is 1.67 bits per heavy atom. The molecule has 0 bridgehead atoms. The second kappa shape index (κ2) is 3.97. The summed E-state index contributed by atoms with van der Waals surface area (Å²) in [4.78, 5) is 0.458. The van der Waals surface area contributed by atoms with E-state index in [0.29, 0.717) is 4.90 Å². The third kappa shape index (κ3) is 3.34. The van der Waals surface area contributed by atoms with Gasteiger partial charge in [0.25, 0.3) is 0 Å². The van der Waals surface area contributed by atoms with E-state index in [2.05, 4.69) is 0 Å². The van der Waals surface area contributed by atoms with Crippen molar-refractivity contribution in [2.24, 2.45) is 5.41 Å². The minimum Gasteiger partial charge on any atom is -0.224 e. The van der Waals surface area contributed by atoms with E-state index in [0.717, 1.165) is 5.56 Å². The highest BCUT2D eigenvalue weighted by atomic mass is 32.2. The third-order valence-electron chi connectivity index (χ3n) is 2.05. The molecule has 0 aliphatic carbocycles. The van der Waals surface area contributed by atoms with Crippen LogP contribution >= 0.6 is 0 Å². The van der Waals surface area contributed by atoms with E-state index in [1.54, 1.807) is 12.1 Å². The van der Waals surface area contributed by atoms with E-state index in [-0.39, 0.29) is 11.2 Å². The highest BCUT2D eigenvalue weighted by molar-refractivity contribution is 7.91. The van der Waals surface area contributed by atoms with Crippen molar-refractivity contribution >= 4 is 9.84 Å². The SMILES string of the molecule is Cc1ccccc1S(=O)(=O)CC(C)(C)C. The van der Waals surface area contributed by atoms with Crippen molar-refractivity contribution in [1.82, 2.24) is 0 Å². The minimum atomic E-state index is -3.15. The maximum absolute atomic E-state index is 12.1. The van der Waals surface area contributed by atoms with Crippen molar-refractivity contribution in [1.29, 1.82) is 0 Å². The summed E-state index contributed by atoms with van der Waals surface area (Å²) in [6.45, 7) is 7.63. The second-order valence-electron chi connectivity index (χ2n) is 5.09. The lowest BCUT2D eigenvalue weighted by Gasteiger charge is -2.18. The van der Waals surface area contributed by atoms with E-state index in [9.17, 15) is 8.42 Å². The van der Waals surface area contributed by atoms with Gasteiger partial charge in [0.1, 0.15) is 0 Å². The van der Waals surface area contributed by atoms with Gasteiger partial charge in [0.15, 0.2) is 9.84 Å². The van der Waals surface area contributed by atoms with Crippen molar-refractivity contribution in [3.63, 3.8) is 0 Å². The first-order chi connectivity index (χ1) is 6.72. The van der Waals surface area contributed by atoms with Gasteiger partial charge in [-0.2, -0.15) is 0 Å². The summed E-state index contributed by atoms with van der Waals surface area (Å²) in [7, 11) is -3.15. The van der Waals surface area contributed by atoms with Crippen LogP contribution in [-0.2, 0) is 9.84 Å². The van der Waals surface area contributed by atoms with Gasteiger partial charge in [0, 0.05) is 0 Å². The van der Waals surface area contributed by atoms with Crippen molar-refractivity contribution in [2.75, 3.05) is 5.75 Å². The van der Waals surface area contributed by atoms with Crippen molar-refractivity contribution in [2.45, 2.75) is 32.6 Å². The largest absolute Gasteiger partial charge is 0.224 e. The molecular weight excluding hydrogens is 208 g/mol. The maximum Gasteiger partial charge on any atom is 0.179 e. The van der Waals surface area contributed by atoms with Gasteiger partial charge in [0.2, 0.25) is 0 Å². The van der Waals surface area contributed by atoms with Crippen LogP contribution in [0.1, 0.15) is 26.3 Å². The zero-order valence-electron chi connectivity index (χ0n) is 9.74. The normalized spacial score (nSPS) is 12.8. The van der Waals surface area contributed by atoms with Crippen molar-refractivity contribution in [3.05, 3.63) is 29.8 Å². The van der Waals surface area contributed by atoms with Crippen molar-refractivity contribution < 1.29 is 8.42 Å². The Morgan fingerprint density at radius 1 is 1.13 bits per heavy atom. The fourth-order valence-electron chi connectivity index (χ4n) is 1.55. The molecule has 0 spiro atoms. The quantitative estimate of drug-likeness (QED) is 0.777. The van der Waals surface area contributed by atoms with Gasteiger partial charge in [-0.1, -0.05) is 39.0 Å². The van der Waals surface area contributed by atoms with Gasteiger partial charge in [-0.05, 0) is 24.0 Å². The standard InChI is InChI=1S/C12H18O2S/c1-10-7-5-6-8-11(10)15(13,14)9-12(2,3)4/h5-8H,9H2,1-4H3. The zero-order valence-corrected chi connectivity index (χ0v) is 10.6. The summed E-state index contributed by atoms with van der Waals surface area (Å²) in [5.74, 6) is 0.185. The van der Waals surface area contributed by atoms with Crippen LogP contribution in [0.15, 0.2) is 29.2 Å². The number of sulfone groups is 1. The summed E-state index contributed by atoms with van der Waals surface area (Å²) in [6, 6.07) is 7.12. The van der Waals surface area contributed by atoms with Crippen LogP contribution in [0.2, 0.25) is 0 Å². The number of aryl methyl sites for hydroxylation is 1. The van der Waals surface area contributed by atoms with Gasteiger partial charge < -0.3 is 0 Å². The Morgan fingerprint density at radius 3 is 2.13 bits per heavy atom. The number of hydrogen-bond donors (Lipinski definition) is 0. The smallest absolute Gasteiger partial charge is 0.179 e. The lowest BCUT2D eigenvalue weighted by atomic mass is 10.0. The highest BCUT2D eigenvalue weighted by Crippen LogP contribution is 2.23. The van der Waals surface area contributed by atoms with Gasteiger partial charge in [0.05, 0.1) is 10.6 Å². The molecule has 3 heteroatoms. The molecule has 15 heavy (non-hydrogen) atoms. The zero-order chi connectivity index (χ0) is 11.7. The molecule has 0 radical (unpaired) electrons. The van der Waals surface area contributed by atoms with Crippen LogP contribution in [0, 0.1) is 12.3 Å². The fourth-order valence-corrected chi connectivity index (χ4v) is 3.69. The fraction of sp³-hybridized carbons (Fsp3) is 0.500. The van der Waals surface area contributed by atoms with Gasteiger partial charge in [-0.15, -0.1) is 0 Å². The summed E-state index contributed by atoms with van der Waals surface area (Å²) in [5, 5.41) is 0. The van der Waals surface area contributed by atoms with Gasteiger partial charge in [-0.3, -0.25) is 0 Å². The molecule has 0 fully saturated rings. The highest BCUT2D eigenvalue weighted by Gasteiger charge is 2.24. The Hall–Kier alpha value is -0.830. The van der Waals surface area contributed by atoms with E-state index in [1.807, 2.05) is 39.8 Å². The van der Waals surface area contributed by atoms with E-state index < -0.39 is 9.84 Å². The molecule has 0 atom stereocenters. The van der Waals surface area contributed by atoms with Crippen LogP contribution < -0.4 is 0 Å². The first kappa shape index (κ1) is 12.2. The Labute approximate surface area is 92.2 Å². The predicted octanol–water partition coefficient (Wildman–Crippen LogP) is 2.81. The average molecular weight is 226 g/mol. The summed E-state index contributed by atoms with van der Waals surface area (Å²) < 4.78 is 24.1. The third-order valence-corrected chi connectivity index (χ3v) is 4.43. The second-order valence-corrected chi connectivity index (χ2v) is 7.04. The van der Waals surface area contributed by atoms with Gasteiger partial charge in [-0.25, -0.2) is 8.42 Å². The summed E-state index contributed by atoms with van der Waals surface area (Å²) in [6.07, 6.45) is 0. The van der Waals surface area contributed by atoms with Crippen LogP contribution in [0.25, 0.3) is 0 Å². The molecule has 0 saturated heterocycles. The molecule has 0 aromatic heterocycles. The lowest BCUT2D eigenvalue weighted by molar-refractivity contribution is 0.461. The molecule has 0 aliphatic heterocycles. The molecule has 2 nitrogen and oxygen atoms in total. The Bertz CT molecular complexity index is 439. The molecule has 1 aromatic carbocycles. The number of rotatable bonds is 2. The number of benzene rings is 1. The molecule has 0 unspecified atom stereocenters. The van der Waals surface area contributed by atoms with Crippen LogP contribution in [-0.4, -0.2) is 14.2 Å². The molecule has 84 valence electrons. The molecule has 1 aromatic rings. The van der Waals surface area contributed by atoms with E-state index >= 15 is 0 Å². The summed E-state index contributed by atoms with van der Waals surface area (Å²) >= 11 is 0. The van der Waals surface area contributed by atoms with Gasteiger partial charge >= 0.3 is 0 Å². The first-order valence-corrected chi connectivity index (χ1v) is 6.66. The van der Waals surface area contributed by atoms with Crippen LogP contribution in [0.3, 0.4) is 0 Å². The maximum atomic E-state index is 12.1. The first-order valence-electron chi connectivity index (χ1n) is 5.01. The molecule has 0 N–H and O–H groups in total. The molecule has 1 rings (SSSR count). The Balaban J connectivity index is 3.13. The van der Waals surface area contributed by atoms with Crippen LogP contribution in [0.5, 0.6) is 0 Å². The monoisotopic (exact) mass is 226 g/mol. The number of hydrogen-bond acceptors (Lipinski definition) is 2.